The van der Waals surface area contributed by atoms with Crippen molar-refractivity contribution in [2.24, 2.45) is 5.41 Å². The number of piperidine rings is 2. The topological polar surface area (TPSA) is 49.9 Å². The Morgan fingerprint density at radius 1 is 1.36 bits per heavy atom. The maximum absolute atomic E-state index is 12.3. The number of hydrogen-bond donors (Lipinski definition) is 0. The van der Waals surface area contributed by atoms with Crippen molar-refractivity contribution in [3.63, 3.8) is 0 Å². The fourth-order valence-corrected chi connectivity index (χ4v) is 3.83. The summed E-state index contributed by atoms with van der Waals surface area (Å²) in [6, 6.07) is 0. The molecule has 2 heterocycles. The van der Waals surface area contributed by atoms with Crippen LogP contribution in [0.15, 0.2) is 0 Å². The number of hydrogen-bond acceptors (Lipinski definition) is 4. The molecule has 1 atom stereocenters. The van der Waals surface area contributed by atoms with Crippen molar-refractivity contribution in [2.45, 2.75) is 37.9 Å². The predicted octanol–water partition coefficient (Wildman–Crippen LogP) is 1.62. The highest BCUT2D eigenvalue weighted by atomic mass is 32.2. The SMILES string of the molecule is COCCN1CC2(CCC1=O)CCN(C(=O)[C@H](C)SC)CC2. The van der Waals surface area contributed by atoms with Crippen LogP contribution in [0, 0.1) is 5.41 Å². The van der Waals surface area contributed by atoms with Crippen LogP contribution in [0.3, 0.4) is 0 Å². The molecule has 0 radical (unpaired) electrons. The van der Waals surface area contributed by atoms with Gasteiger partial charge in [0.15, 0.2) is 0 Å². The third kappa shape index (κ3) is 3.96. The van der Waals surface area contributed by atoms with Crippen molar-refractivity contribution in [2.75, 3.05) is 46.2 Å². The second kappa shape index (κ2) is 7.68. The molecule has 2 amide bonds. The van der Waals surface area contributed by atoms with Gasteiger partial charge < -0.3 is 14.5 Å². The molecule has 2 aliphatic rings. The number of nitrogens with zero attached hydrogens (tertiary/aromatic N) is 2. The smallest absolute Gasteiger partial charge is 0.235 e. The molecule has 0 bridgehead atoms. The fourth-order valence-electron chi connectivity index (χ4n) is 3.48. The van der Waals surface area contributed by atoms with Crippen LogP contribution in [0.4, 0.5) is 0 Å². The first-order valence-corrected chi connectivity index (χ1v) is 9.38. The van der Waals surface area contributed by atoms with Gasteiger partial charge in [0, 0.05) is 39.7 Å². The number of methoxy groups -OCH3 is 1. The van der Waals surface area contributed by atoms with Gasteiger partial charge in [0.25, 0.3) is 0 Å². The number of carbonyl (C=O) groups excluding carboxylic acids is 2. The molecule has 126 valence electrons. The molecule has 6 heteroatoms. The van der Waals surface area contributed by atoms with Crippen LogP contribution in [-0.2, 0) is 14.3 Å². The Labute approximate surface area is 137 Å². The molecule has 0 aromatic heterocycles. The van der Waals surface area contributed by atoms with Gasteiger partial charge in [-0.25, -0.2) is 0 Å². The summed E-state index contributed by atoms with van der Waals surface area (Å²) in [6.07, 6.45) is 5.61. The van der Waals surface area contributed by atoms with Crippen molar-refractivity contribution in [3.8, 4) is 0 Å². The molecule has 0 aliphatic carbocycles. The molecule has 2 rings (SSSR count). The highest BCUT2D eigenvalue weighted by Crippen LogP contribution is 2.40. The monoisotopic (exact) mass is 328 g/mol. The Bertz CT molecular complexity index is 408. The van der Waals surface area contributed by atoms with Gasteiger partial charge >= 0.3 is 0 Å². The van der Waals surface area contributed by atoms with Gasteiger partial charge in [0.05, 0.1) is 11.9 Å². The van der Waals surface area contributed by atoms with Gasteiger partial charge in [0.2, 0.25) is 11.8 Å². The third-order valence-electron chi connectivity index (χ3n) is 5.15. The van der Waals surface area contributed by atoms with Crippen molar-refractivity contribution in [3.05, 3.63) is 0 Å². The second-order valence-corrected chi connectivity index (χ2v) is 7.69. The van der Waals surface area contributed by atoms with E-state index in [4.69, 9.17) is 4.74 Å². The lowest BCUT2D eigenvalue weighted by Gasteiger charge is -2.47. The van der Waals surface area contributed by atoms with E-state index in [-0.39, 0.29) is 22.5 Å². The van der Waals surface area contributed by atoms with Crippen LogP contribution in [0.1, 0.15) is 32.6 Å². The van der Waals surface area contributed by atoms with Gasteiger partial charge in [-0.15, -0.1) is 0 Å². The summed E-state index contributed by atoms with van der Waals surface area (Å²) in [5.74, 6) is 0.502. The molecule has 0 N–H and O–H groups in total. The van der Waals surface area contributed by atoms with Gasteiger partial charge in [-0.05, 0) is 37.9 Å². The zero-order valence-corrected chi connectivity index (χ0v) is 14.8. The Balaban J connectivity index is 1.91. The Morgan fingerprint density at radius 3 is 2.64 bits per heavy atom. The molecule has 0 aromatic rings. The van der Waals surface area contributed by atoms with Crippen molar-refractivity contribution in [1.29, 1.82) is 0 Å². The molecule has 22 heavy (non-hydrogen) atoms. The lowest BCUT2D eigenvalue weighted by molar-refractivity contribution is -0.142. The van der Waals surface area contributed by atoms with Crippen LogP contribution < -0.4 is 0 Å². The first-order chi connectivity index (χ1) is 10.5. The Morgan fingerprint density at radius 2 is 2.05 bits per heavy atom. The summed E-state index contributed by atoms with van der Waals surface area (Å²) >= 11 is 1.61. The van der Waals surface area contributed by atoms with Gasteiger partial charge in [-0.1, -0.05) is 0 Å². The number of rotatable bonds is 5. The van der Waals surface area contributed by atoms with E-state index >= 15 is 0 Å². The molecule has 2 fully saturated rings. The molecule has 0 saturated carbocycles. The molecule has 2 aliphatic heterocycles. The molecule has 1 spiro atoms. The maximum Gasteiger partial charge on any atom is 0.235 e. The summed E-state index contributed by atoms with van der Waals surface area (Å²) in [5, 5.41) is 0.0418. The van der Waals surface area contributed by atoms with E-state index in [9.17, 15) is 9.59 Å². The number of ether oxygens (including phenoxy) is 1. The minimum Gasteiger partial charge on any atom is -0.383 e. The summed E-state index contributed by atoms with van der Waals surface area (Å²) in [4.78, 5) is 28.3. The van der Waals surface area contributed by atoms with Gasteiger partial charge in [-0.2, -0.15) is 11.8 Å². The van der Waals surface area contributed by atoms with E-state index in [0.29, 0.717) is 19.6 Å². The van der Waals surface area contributed by atoms with Crippen LogP contribution in [-0.4, -0.2) is 73.0 Å². The first-order valence-electron chi connectivity index (χ1n) is 8.10. The van der Waals surface area contributed by atoms with Crippen LogP contribution >= 0.6 is 11.8 Å². The number of thioether (sulfide) groups is 1. The third-order valence-corrected chi connectivity index (χ3v) is 6.06. The zero-order chi connectivity index (χ0) is 16.2. The van der Waals surface area contributed by atoms with E-state index in [1.807, 2.05) is 23.0 Å². The highest BCUT2D eigenvalue weighted by Gasteiger charge is 2.41. The minimum absolute atomic E-state index is 0.0418. The maximum atomic E-state index is 12.3. The standard InChI is InChI=1S/C16H28N2O3S/c1-13(22-3)15(20)17-8-6-16(7-9-17)5-4-14(19)18(12-16)10-11-21-2/h13H,4-12H2,1-3H3/t13-/m0/s1. The van der Waals surface area contributed by atoms with Crippen LogP contribution in [0.2, 0.25) is 0 Å². The highest BCUT2D eigenvalue weighted by molar-refractivity contribution is 7.99. The quantitative estimate of drug-likeness (QED) is 0.769. The van der Waals surface area contributed by atoms with E-state index in [1.165, 1.54) is 0 Å². The molecular weight excluding hydrogens is 300 g/mol. The van der Waals surface area contributed by atoms with Crippen LogP contribution in [0.25, 0.3) is 0 Å². The average Bonchev–Trinajstić information content (AvgIpc) is 2.55. The lowest BCUT2D eigenvalue weighted by atomic mass is 9.72. The molecular formula is C16H28N2O3S. The van der Waals surface area contributed by atoms with Crippen molar-refractivity contribution >= 4 is 23.6 Å². The van der Waals surface area contributed by atoms with Gasteiger partial charge in [0.1, 0.15) is 0 Å². The number of carbonyl (C=O) groups is 2. The predicted molar refractivity (Wildman–Crippen MR) is 88.9 cm³/mol. The zero-order valence-electron chi connectivity index (χ0n) is 14.0. The number of amides is 2. The normalized spacial score (nSPS) is 23.0. The lowest BCUT2D eigenvalue weighted by Crippen LogP contribution is -2.53. The molecule has 0 aromatic carbocycles. The second-order valence-electron chi connectivity index (χ2n) is 6.51. The molecule has 2 saturated heterocycles. The van der Waals surface area contributed by atoms with Crippen molar-refractivity contribution in [1.82, 2.24) is 9.80 Å². The van der Waals surface area contributed by atoms with E-state index < -0.39 is 0 Å². The molecule has 5 nitrogen and oxygen atoms in total. The number of likely N-dealkylation sites (tertiary alicyclic amines) is 2. The van der Waals surface area contributed by atoms with E-state index in [1.54, 1.807) is 18.9 Å². The van der Waals surface area contributed by atoms with Crippen molar-refractivity contribution < 1.29 is 14.3 Å². The fraction of sp³-hybridized carbons (Fsp3) is 0.875. The van der Waals surface area contributed by atoms with E-state index in [0.717, 1.165) is 38.9 Å². The van der Waals surface area contributed by atoms with Gasteiger partial charge in [-0.3, -0.25) is 9.59 Å². The first kappa shape index (κ1) is 17.6. The summed E-state index contributed by atoms with van der Waals surface area (Å²) < 4.78 is 5.11. The van der Waals surface area contributed by atoms with E-state index in [2.05, 4.69) is 0 Å². The summed E-state index contributed by atoms with van der Waals surface area (Å²) in [6.45, 7) is 5.74. The minimum atomic E-state index is 0.0418. The summed E-state index contributed by atoms with van der Waals surface area (Å²) in [5.41, 5.74) is 0.209. The van der Waals surface area contributed by atoms with Crippen LogP contribution in [0.5, 0.6) is 0 Å². The Kier molecular flexibility index (Phi) is 6.15. The Hall–Kier alpha value is -0.750. The average molecular weight is 328 g/mol. The largest absolute Gasteiger partial charge is 0.383 e. The molecule has 0 unspecified atom stereocenters. The summed E-state index contributed by atoms with van der Waals surface area (Å²) in [7, 11) is 1.67.